The smallest absolute Gasteiger partial charge is 0.251 e. The number of para-hydroxylation sites is 1. The van der Waals surface area contributed by atoms with Crippen LogP contribution in [0, 0.1) is 5.82 Å². The third-order valence-electron chi connectivity index (χ3n) is 2.24. The van der Waals surface area contributed by atoms with Crippen molar-refractivity contribution in [1.29, 1.82) is 0 Å². The maximum Gasteiger partial charge on any atom is 0.251 e. The number of halogens is 1. The summed E-state index contributed by atoms with van der Waals surface area (Å²) in [6.45, 7) is 0. The second-order valence-corrected chi connectivity index (χ2v) is 3.33. The lowest BCUT2D eigenvalue weighted by Crippen LogP contribution is -2.09. The molecule has 0 aliphatic rings. The fraction of sp³-hybridized carbons (Fsp3) is 0. The van der Waals surface area contributed by atoms with Crippen LogP contribution in [0.1, 0.15) is 20.7 Å². The van der Waals surface area contributed by atoms with Crippen LogP contribution in [0.4, 0.5) is 4.39 Å². The number of hydrogen-bond acceptors (Lipinski definition) is 3. The molecule has 0 fully saturated rings. The monoisotopic (exact) mass is 233 g/mol. The number of hydrogen-bond donors (Lipinski definition) is 1. The molecule has 0 saturated heterocycles. The molecule has 0 aliphatic heterocycles. The van der Waals surface area contributed by atoms with E-state index in [4.69, 9.17) is 5.73 Å². The second kappa shape index (κ2) is 4.17. The molecule has 2 rings (SSSR count). The van der Waals surface area contributed by atoms with Crippen LogP contribution in [-0.2, 0) is 0 Å². The van der Waals surface area contributed by atoms with E-state index < -0.39 is 11.7 Å². The van der Waals surface area contributed by atoms with E-state index in [9.17, 15) is 14.0 Å². The molecule has 5 nitrogen and oxygen atoms in total. The van der Waals surface area contributed by atoms with Crippen LogP contribution in [0.5, 0.6) is 0 Å². The molecule has 0 bridgehead atoms. The average Bonchev–Trinajstić information content (AvgIpc) is 2.77. The van der Waals surface area contributed by atoms with Gasteiger partial charge in [-0.2, -0.15) is 5.10 Å². The van der Waals surface area contributed by atoms with Crippen LogP contribution >= 0.6 is 0 Å². The van der Waals surface area contributed by atoms with Crippen molar-refractivity contribution in [1.82, 2.24) is 9.78 Å². The normalized spacial score (nSPS) is 10.2. The van der Waals surface area contributed by atoms with E-state index in [1.165, 1.54) is 30.6 Å². The quantitative estimate of drug-likeness (QED) is 0.801. The first-order valence-corrected chi connectivity index (χ1v) is 4.72. The lowest BCUT2D eigenvalue weighted by molar-refractivity contribution is 0.1000. The Bertz CT molecular complexity index is 592. The van der Waals surface area contributed by atoms with Crippen molar-refractivity contribution in [3.63, 3.8) is 0 Å². The molecule has 0 radical (unpaired) electrons. The Morgan fingerprint density at radius 1 is 1.47 bits per heavy atom. The van der Waals surface area contributed by atoms with Crippen LogP contribution in [-0.4, -0.2) is 22.0 Å². The summed E-state index contributed by atoms with van der Waals surface area (Å²) in [6.07, 6.45) is 3.00. The molecule has 1 amide bonds. The Morgan fingerprint density at radius 2 is 2.24 bits per heavy atom. The number of nitrogens with zero attached hydrogens (tertiary/aromatic N) is 2. The Morgan fingerprint density at radius 3 is 2.82 bits per heavy atom. The predicted molar refractivity (Wildman–Crippen MR) is 57.4 cm³/mol. The summed E-state index contributed by atoms with van der Waals surface area (Å²) in [7, 11) is 0. The SMILES string of the molecule is NC(=O)c1cnn(-c2c(F)cccc2C=O)c1. The number of carbonyl (C=O) groups excluding carboxylic acids is 2. The molecule has 6 heteroatoms. The molecule has 1 aromatic carbocycles. The molecule has 1 aromatic heterocycles. The van der Waals surface area contributed by atoms with Gasteiger partial charge in [0.05, 0.1) is 11.8 Å². The third-order valence-corrected chi connectivity index (χ3v) is 2.24. The van der Waals surface area contributed by atoms with Gasteiger partial charge in [0.15, 0.2) is 6.29 Å². The van der Waals surface area contributed by atoms with Crippen molar-refractivity contribution < 1.29 is 14.0 Å². The van der Waals surface area contributed by atoms with Gasteiger partial charge >= 0.3 is 0 Å². The lowest BCUT2D eigenvalue weighted by Gasteiger charge is -2.05. The highest BCUT2D eigenvalue weighted by Crippen LogP contribution is 2.17. The number of aldehydes is 1. The minimum absolute atomic E-state index is 0.00463. The number of carbonyl (C=O) groups is 2. The number of primary amides is 1. The van der Waals surface area contributed by atoms with E-state index in [1.807, 2.05) is 0 Å². The maximum absolute atomic E-state index is 13.6. The summed E-state index contributed by atoms with van der Waals surface area (Å²) in [5.74, 6) is -1.27. The first kappa shape index (κ1) is 11.0. The number of rotatable bonds is 3. The Kier molecular flexibility index (Phi) is 2.70. The van der Waals surface area contributed by atoms with E-state index in [0.29, 0.717) is 6.29 Å². The first-order valence-electron chi connectivity index (χ1n) is 4.72. The number of benzene rings is 1. The molecule has 0 atom stereocenters. The van der Waals surface area contributed by atoms with Gasteiger partial charge in [-0.05, 0) is 12.1 Å². The highest BCUT2D eigenvalue weighted by Gasteiger charge is 2.12. The number of amides is 1. The fourth-order valence-electron chi connectivity index (χ4n) is 1.44. The van der Waals surface area contributed by atoms with E-state index >= 15 is 0 Å². The molecular weight excluding hydrogens is 225 g/mol. The first-order chi connectivity index (χ1) is 8.13. The van der Waals surface area contributed by atoms with Crippen LogP contribution in [0.2, 0.25) is 0 Å². The zero-order valence-corrected chi connectivity index (χ0v) is 8.63. The summed E-state index contributed by atoms with van der Waals surface area (Å²) in [4.78, 5) is 21.7. The molecule has 17 heavy (non-hydrogen) atoms. The Labute approximate surface area is 95.7 Å². The van der Waals surface area contributed by atoms with E-state index in [1.54, 1.807) is 0 Å². The third kappa shape index (κ3) is 1.92. The molecular formula is C11H8FN3O2. The predicted octanol–water partition coefficient (Wildman–Crippen LogP) is 0.923. The van der Waals surface area contributed by atoms with Gasteiger partial charge < -0.3 is 5.73 Å². The maximum atomic E-state index is 13.6. The highest BCUT2D eigenvalue weighted by atomic mass is 19.1. The standard InChI is InChI=1S/C11H8FN3O2/c12-9-3-1-2-7(6-16)10(9)15-5-8(4-14-15)11(13)17/h1-6H,(H2,13,17). The highest BCUT2D eigenvalue weighted by molar-refractivity contribution is 5.92. The van der Waals surface area contributed by atoms with E-state index in [-0.39, 0.29) is 16.8 Å². The van der Waals surface area contributed by atoms with Crippen LogP contribution < -0.4 is 5.73 Å². The molecule has 2 N–H and O–H groups in total. The summed E-state index contributed by atoms with van der Waals surface area (Å²) >= 11 is 0. The van der Waals surface area contributed by atoms with Crippen LogP contribution in [0.3, 0.4) is 0 Å². The van der Waals surface area contributed by atoms with Crippen molar-refractivity contribution in [2.75, 3.05) is 0 Å². The zero-order chi connectivity index (χ0) is 12.4. The topological polar surface area (TPSA) is 78.0 Å². The van der Waals surface area contributed by atoms with E-state index in [0.717, 1.165) is 4.68 Å². The van der Waals surface area contributed by atoms with Crippen molar-refractivity contribution in [2.24, 2.45) is 5.73 Å². The Hall–Kier alpha value is -2.50. The largest absolute Gasteiger partial charge is 0.366 e. The van der Waals surface area contributed by atoms with Crippen molar-refractivity contribution >= 4 is 12.2 Å². The lowest BCUT2D eigenvalue weighted by atomic mass is 10.2. The number of nitrogens with two attached hydrogens (primary N) is 1. The average molecular weight is 233 g/mol. The molecule has 2 aromatic rings. The fourth-order valence-corrected chi connectivity index (χ4v) is 1.44. The number of aromatic nitrogens is 2. The van der Waals surface area contributed by atoms with Gasteiger partial charge in [-0.15, -0.1) is 0 Å². The molecule has 86 valence electrons. The van der Waals surface area contributed by atoms with Gasteiger partial charge in [-0.25, -0.2) is 9.07 Å². The van der Waals surface area contributed by atoms with Crippen molar-refractivity contribution in [3.8, 4) is 5.69 Å². The van der Waals surface area contributed by atoms with Crippen molar-refractivity contribution in [2.45, 2.75) is 0 Å². The molecule has 1 heterocycles. The van der Waals surface area contributed by atoms with E-state index in [2.05, 4.69) is 5.10 Å². The Balaban J connectivity index is 2.59. The minimum atomic E-state index is -0.666. The van der Waals surface area contributed by atoms with Gasteiger partial charge in [0, 0.05) is 11.8 Å². The minimum Gasteiger partial charge on any atom is -0.366 e. The summed E-state index contributed by atoms with van der Waals surface area (Å²) in [5, 5.41) is 3.79. The van der Waals surface area contributed by atoms with Crippen LogP contribution in [0.25, 0.3) is 5.69 Å². The summed E-state index contributed by atoms with van der Waals surface area (Å²) in [5.41, 5.74) is 5.34. The van der Waals surface area contributed by atoms with Gasteiger partial charge in [-0.1, -0.05) is 6.07 Å². The van der Waals surface area contributed by atoms with Gasteiger partial charge in [0.25, 0.3) is 5.91 Å². The van der Waals surface area contributed by atoms with Crippen LogP contribution in [0.15, 0.2) is 30.6 Å². The molecule has 0 spiro atoms. The summed E-state index contributed by atoms with van der Waals surface area (Å²) < 4.78 is 14.7. The van der Waals surface area contributed by atoms with Gasteiger partial charge in [-0.3, -0.25) is 9.59 Å². The molecule has 0 aliphatic carbocycles. The van der Waals surface area contributed by atoms with Crippen molar-refractivity contribution in [3.05, 3.63) is 47.5 Å². The van der Waals surface area contributed by atoms with Gasteiger partial charge in [0.2, 0.25) is 0 Å². The zero-order valence-electron chi connectivity index (χ0n) is 8.63. The summed E-state index contributed by atoms with van der Waals surface area (Å²) in [6, 6.07) is 4.08. The molecule has 0 saturated carbocycles. The second-order valence-electron chi connectivity index (χ2n) is 3.33. The molecule has 0 unspecified atom stereocenters. The van der Waals surface area contributed by atoms with Gasteiger partial charge in [0.1, 0.15) is 11.5 Å².